The van der Waals surface area contributed by atoms with Gasteiger partial charge in [0.15, 0.2) is 9.84 Å². The fourth-order valence-electron chi connectivity index (χ4n) is 4.00. The number of benzene rings is 2. The second-order valence-corrected chi connectivity index (χ2v) is 12.3. The molecule has 2 saturated heterocycles. The first-order valence-corrected chi connectivity index (χ1v) is 13.9. The molecule has 0 unspecified atom stereocenters. The van der Waals surface area contributed by atoms with Crippen LogP contribution in [0.15, 0.2) is 53.4 Å². The summed E-state index contributed by atoms with van der Waals surface area (Å²) in [6.07, 6.45) is 1.65. The van der Waals surface area contributed by atoms with E-state index in [1.807, 2.05) is 6.07 Å². The molecular formula is C22H25N3O6S2. The third kappa shape index (κ3) is 5.79. The third-order valence-electron chi connectivity index (χ3n) is 5.71. The van der Waals surface area contributed by atoms with E-state index < -0.39 is 25.9 Å². The summed E-state index contributed by atoms with van der Waals surface area (Å²) < 4.78 is 50.6. The van der Waals surface area contributed by atoms with E-state index in [0.717, 1.165) is 18.5 Å². The first-order valence-electron chi connectivity index (χ1n) is 10.6. The molecule has 2 N–H and O–H groups in total. The van der Waals surface area contributed by atoms with Crippen LogP contribution in [0.3, 0.4) is 0 Å². The number of carbonyl (C=O) groups is 2. The minimum absolute atomic E-state index is 0.0120. The van der Waals surface area contributed by atoms with E-state index in [1.54, 1.807) is 23.1 Å². The molecule has 33 heavy (non-hydrogen) atoms. The van der Waals surface area contributed by atoms with Crippen LogP contribution in [0.4, 0.5) is 5.69 Å². The van der Waals surface area contributed by atoms with Gasteiger partial charge in [0, 0.05) is 36.8 Å². The Kier molecular flexibility index (Phi) is 6.55. The monoisotopic (exact) mass is 491 g/mol. The molecule has 2 amide bonds. The SMILES string of the molecule is O=C(Nc1ccc(S(=O)(=O)N[C@H]2CCS(=O)(=O)C2)cc1)c1cccc(CN2CCCC2=O)c1. The average molecular weight is 492 g/mol. The van der Waals surface area contributed by atoms with E-state index >= 15 is 0 Å². The van der Waals surface area contributed by atoms with Crippen LogP contribution in [0.2, 0.25) is 0 Å². The number of sulfonamides is 1. The zero-order valence-electron chi connectivity index (χ0n) is 17.9. The van der Waals surface area contributed by atoms with E-state index in [1.165, 1.54) is 24.3 Å². The van der Waals surface area contributed by atoms with Crippen LogP contribution in [0, 0.1) is 0 Å². The number of amides is 2. The van der Waals surface area contributed by atoms with Crippen molar-refractivity contribution in [3.05, 3.63) is 59.7 Å². The fraction of sp³-hybridized carbons (Fsp3) is 0.364. The van der Waals surface area contributed by atoms with Gasteiger partial charge in [0.05, 0.1) is 16.4 Å². The topological polar surface area (TPSA) is 130 Å². The molecular weight excluding hydrogens is 466 g/mol. The molecule has 9 nitrogen and oxygen atoms in total. The summed E-state index contributed by atoms with van der Waals surface area (Å²) in [5, 5.41) is 2.74. The largest absolute Gasteiger partial charge is 0.338 e. The Morgan fingerprint density at radius 1 is 1.12 bits per heavy atom. The van der Waals surface area contributed by atoms with Crippen molar-refractivity contribution in [2.45, 2.75) is 36.7 Å². The van der Waals surface area contributed by atoms with Crippen molar-refractivity contribution in [3.63, 3.8) is 0 Å². The molecule has 2 fully saturated rings. The van der Waals surface area contributed by atoms with E-state index in [0.29, 0.717) is 24.2 Å². The molecule has 0 saturated carbocycles. The Bertz CT molecular complexity index is 1270. The van der Waals surface area contributed by atoms with Crippen molar-refractivity contribution in [2.75, 3.05) is 23.4 Å². The van der Waals surface area contributed by atoms with Gasteiger partial charge in [-0.1, -0.05) is 12.1 Å². The summed E-state index contributed by atoms with van der Waals surface area (Å²) in [6, 6.07) is 12.1. The van der Waals surface area contributed by atoms with Crippen LogP contribution < -0.4 is 10.0 Å². The number of nitrogens with zero attached hydrogens (tertiary/aromatic N) is 1. The number of anilines is 1. The molecule has 11 heteroatoms. The van der Waals surface area contributed by atoms with E-state index in [-0.39, 0.29) is 34.6 Å². The predicted molar refractivity (Wildman–Crippen MR) is 123 cm³/mol. The molecule has 1 atom stereocenters. The number of nitrogens with one attached hydrogen (secondary N) is 2. The zero-order valence-corrected chi connectivity index (χ0v) is 19.5. The average Bonchev–Trinajstić information content (AvgIpc) is 3.32. The van der Waals surface area contributed by atoms with Crippen molar-refractivity contribution in [2.24, 2.45) is 0 Å². The Labute approximate surface area is 193 Å². The minimum atomic E-state index is -3.87. The molecule has 2 aliphatic heterocycles. The summed E-state index contributed by atoms with van der Waals surface area (Å²) in [5.74, 6) is -0.468. The fourth-order valence-corrected chi connectivity index (χ4v) is 7.05. The van der Waals surface area contributed by atoms with Gasteiger partial charge in [-0.05, 0) is 54.8 Å². The van der Waals surface area contributed by atoms with Gasteiger partial charge in [-0.25, -0.2) is 21.6 Å². The Morgan fingerprint density at radius 3 is 2.52 bits per heavy atom. The van der Waals surface area contributed by atoms with Gasteiger partial charge in [-0.2, -0.15) is 0 Å². The van der Waals surface area contributed by atoms with Crippen LogP contribution in [0.5, 0.6) is 0 Å². The lowest BCUT2D eigenvalue weighted by atomic mass is 10.1. The van der Waals surface area contributed by atoms with Crippen LogP contribution in [-0.4, -0.2) is 57.6 Å². The predicted octanol–water partition coefficient (Wildman–Crippen LogP) is 1.53. The summed E-state index contributed by atoms with van der Waals surface area (Å²) in [5.41, 5.74) is 1.71. The van der Waals surface area contributed by atoms with Crippen LogP contribution in [-0.2, 0) is 31.2 Å². The molecule has 2 aromatic carbocycles. The molecule has 2 aromatic rings. The maximum absolute atomic E-state index is 12.7. The smallest absolute Gasteiger partial charge is 0.255 e. The quantitative estimate of drug-likeness (QED) is 0.604. The Morgan fingerprint density at radius 2 is 1.88 bits per heavy atom. The van der Waals surface area contributed by atoms with Crippen LogP contribution >= 0.6 is 0 Å². The summed E-state index contributed by atoms with van der Waals surface area (Å²) in [4.78, 5) is 26.3. The number of hydrogen-bond donors (Lipinski definition) is 2. The van der Waals surface area contributed by atoms with Gasteiger partial charge >= 0.3 is 0 Å². The van der Waals surface area contributed by atoms with Crippen molar-refractivity contribution >= 4 is 37.4 Å². The second kappa shape index (κ2) is 9.24. The maximum Gasteiger partial charge on any atom is 0.255 e. The Balaban J connectivity index is 1.39. The highest BCUT2D eigenvalue weighted by Gasteiger charge is 2.31. The molecule has 0 aliphatic carbocycles. The van der Waals surface area contributed by atoms with E-state index in [9.17, 15) is 26.4 Å². The Hall–Kier alpha value is -2.76. The first-order chi connectivity index (χ1) is 15.6. The minimum Gasteiger partial charge on any atom is -0.338 e. The van der Waals surface area contributed by atoms with Crippen LogP contribution in [0.25, 0.3) is 0 Å². The molecule has 0 spiro atoms. The van der Waals surface area contributed by atoms with Gasteiger partial charge in [-0.3, -0.25) is 9.59 Å². The lowest BCUT2D eigenvalue weighted by Crippen LogP contribution is -2.35. The third-order valence-corrected chi connectivity index (χ3v) is 9.02. The van der Waals surface area contributed by atoms with Gasteiger partial charge < -0.3 is 10.2 Å². The first kappa shape index (κ1) is 23.4. The van der Waals surface area contributed by atoms with Gasteiger partial charge in [0.2, 0.25) is 15.9 Å². The van der Waals surface area contributed by atoms with Gasteiger partial charge in [-0.15, -0.1) is 0 Å². The van der Waals surface area contributed by atoms with Crippen molar-refractivity contribution in [1.82, 2.24) is 9.62 Å². The summed E-state index contributed by atoms with van der Waals surface area (Å²) in [6.45, 7) is 1.18. The summed E-state index contributed by atoms with van der Waals surface area (Å²) in [7, 11) is -7.08. The lowest BCUT2D eigenvalue weighted by Gasteiger charge is -2.16. The summed E-state index contributed by atoms with van der Waals surface area (Å²) >= 11 is 0. The highest BCUT2D eigenvalue weighted by Crippen LogP contribution is 2.19. The molecule has 2 aliphatic rings. The van der Waals surface area contributed by atoms with Crippen molar-refractivity contribution in [3.8, 4) is 0 Å². The molecule has 176 valence electrons. The van der Waals surface area contributed by atoms with Gasteiger partial charge in [0.25, 0.3) is 5.91 Å². The van der Waals surface area contributed by atoms with Crippen molar-refractivity contribution < 1.29 is 26.4 Å². The van der Waals surface area contributed by atoms with Crippen molar-refractivity contribution in [1.29, 1.82) is 0 Å². The number of hydrogen-bond acceptors (Lipinski definition) is 6. The number of sulfone groups is 1. The number of likely N-dealkylation sites (tertiary alicyclic amines) is 1. The van der Waals surface area contributed by atoms with Gasteiger partial charge in [0.1, 0.15) is 0 Å². The van der Waals surface area contributed by atoms with E-state index in [2.05, 4.69) is 10.0 Å². The number of rotatable bonds is 7. The molecule has 2 heterocycles. The highest BCUT2D eigenvalue weighted by molar-refractivity contribution is 7.92. The lowest BCUT2D eigenvalue weighted by molar-refractivity contribution is -0.128. The molecule has 0 bridgehead atoms. The van der Waals surface area contributed by atoms with E-state index in [4.69, 9.17) is 0 Å². The number of carbonyl (C=O) groups excluding carboxylic acids is 2. The van der Waals surface area contributed by atoms with Crippen LogP contribution in [0.1, 0.15) is 35.2 Å². The molecule has 0 radical (unpaired) electrons. The normalized spacial score (nSPS) is 20.2. The second-order valence-electron chi connectivity index (χ2n) is 8.32. The standard InChI is InChI=1S/C22H25N3O6S2/c26-21-5-2-11-25(21)14-16-3-1-4-17(13-16)22(27)23-18-6-8-20(9-7-18)33(30,31)24-19-10-12-32(28,29)15-19/h1,3-4,6-9,13,19,24H,2,5,10-12,14-15H2,(H,23,27)/t19-/m0/s1. The molecule has 0 aromatic heterocycles. The molecule has 4 rings (SSSR count). The maximum atomic E-state index is 12.7. The zero-order chi connectivity index (χ0) is 23.6. The highest BCUT2D eigenvalue weighted by atomic mass is 32.2.